The summed E-state index contributed by atoms with van der Waals surface area (Å²) in [7, 11) is 0. The minimum absolute atomic E-state index is 0.131. The van der Waals surface area contributed by atoms with Crippen molar-refractivity contribution in [1.29, 1.82) is 0 Å². The van der Waals surface area contributed by atoms with Gasteiger partial charge in [-0.1, -0.05) is 19.4 Å². The molecule has 6 heteroatoms. The van der Waals surface area contributed by atoms with E-state index in [2.05, 4.69) is 22.5 Å². The molecule has 1 aromatic heterocycles. The van der Waals surface area contributed by atoms with Crippen molar-refractivity contribution in [3.8, 4) is 11.5 Å². The maximum atomic E-state index is 12.3. The summed E-state index contributed by atoms with van der Waals surface area (Å²) < 4.78 is 10.6. The van der Waals surface area contributed by atoms with Crippen LogP contribution in [0, 0.1) is 0 Å². The summed E-state index contributed by atoms with van der Waals surface area (Å²) in [5.41, 5.74) is 1.55. The van der Waals surface area contributed by atoms with E-state index in [9.17, 15) is 4.79 Å². The maximum absolute atomic E-state index is 12.3. The average molecular weight is 327 g/mol. The van der Waals surface area contributed by atoms with Crippen LogP contribution in [0.25, 0.3) is 0 Å². The van der Waals surface area contributed by atoms with Gasteiger partial charge in [-0.25, -0.2) is 4.98 Å². The summed E-state index contributed by atoms with van der Waals surface area (Å²) in [6, 6.07) is 9.13. The lowest BCUT2D eigenvalue weighted by Gasteiger charge is -2.08. The number of rotatable bonds is 7. The van der Waals surface area contributed by atoms with Gasteiger partial charge in [0.1, 0.15) is 5.82 Å². The van der Waals surface area contributed by atoms with Crippen LogP contribution in [0.2, 0.25) is 0 Å². The Balaban J connectivity index is 1.57. The van der Waals surface area contributed by atoms with Crippen LogP contribution in [0.3, 0.4) is 0 Å². The lowest BCUT2D eigenvalue weighted by molar-refractivity contribution is 0.0950. The van der Waals surface area contributed by atoms with Crippen molar-refractivity contribution in [3.05, 3.63) is 47.7 Å². The highest BCUT2D eigenvalue weighted by molar-refractivity contribution is 5.94. The number of carbonyl (C=O) groups is 1. The van der Waals surface area contributed by atoms with Gasteiger partial charge in [0, 0.05) is 24.8 Å². The van der Waals surface area contributed by atoms with Gasteiger partial charge < -0.3 is 20.1 Å². The van der Waals surface area contributed by atoms with Crippen molar-refractivity contribution in [2.75, 3.05) is 18.7 Å². The van der Waals surface area contributed by atoms with Crippen molar-refractivity contribution in [2.24, 2.45) is 0 Å². The monoisotopic (exact) mass is 327 g/mol. The van der Waals surface area contributed by atoms with Crippen LogP contribution in [0.5, 0.6) is 11.5 Å². The molecule has 6 nitrogen and oxygen atoms in total. The Hall–Kier alpha value is -2.76. The zero-order valence-corrected chi connectivity index (χ0v) is 13.7. The molecule has 0 fully saturated rings. The van der Waals surface area contributed by atoms with Crippen molar-refractivity contribution >= 4 is 11.7 Å². The molecule has 24 heavy (non-hydrogen) atoms. The molecule has 1 aromatic carbocycles. The third kappa shape index (κ3) is 3.95. The summed E-state index contributed by atoms with van der Waals surface area (Å²) in [5.74, 6) is 2.04. The smallest absolute Gasteiger partial charge is 0.251 e. The van der Waals surface area contributed by atoms with Crippen molar-refractivity contribution in [1.82, 2.24) is 10.3 Å². The first-order valence-electron chi connectivity index (χ1n) is 8.13. The molecule has 1 aliphatic rings. The highest BCUT2D eigenvalue weighted by Crippen LogP contribution is 2.32. The van der Waals surface area contributed by atoms with Gasteiger partial charge in [0.15, 0.2) is 11.5 Å². The van der Waals surface area contributed by atoms with Crippen LogP contribution in [-0.2, 0) is 6.54 Å². The summed E-state index contributed by atoms with van der Waals surface area (Å²) in [5, 5.41) is 6.13. The largest absolute Gasteiger partial charge is 0.454 e. The molecule has 0 unspecified atom stereocenters. The van der Waals surface area contributed by atoms with E-state index >= 15 is 0 Å². The van der Waals surface area contributed by atoms with Crippen LogP contribution >= 0.6 is 0 Å². The van der Waals surface area contributed by atoms with Crippen LogP contribution in [-0.4, -0.2) is 24.2 Å². The molecule has 2 N–H and O–H groups in total. The van der Waals surface area contributed by atoms with Gasteiger partial charge >= 0.3 is 0 Å². The van der Waals surface area contributed by atoms with Crippen LogP contribution in [0.1, 0.15) is 35.7 Å². The molecule has 0 saturated carbocycles. The number of anilines is 1. The predicted octanol–water partition coefficient (Wildman–Crippen LogP) is 2.95. The van der Waals surface area contributed by atoms with E-state index in [-0.39, 0.29) is 12.7 Å². The molecule has 0 bridgehead atoms. The second-order valence-corrected chi connectivity index (χ2v) is 5.58. The van der Waals surface area contributed by atoms with Gasteiger partial charge in [0.25, 0.3) is 5.91 Å². The summed E-state index contributed by atoms with van der Waals surface area (Å²) >= 11 is 0. The van der Waals surface area contributed by atoms with E-state index in [4.69, 9.17) is 9.47 Å². The van der Waals surface area contributed by atoms with Crippen molar-refractivity contribution in [2.45, 2.75) is 26.3 Å². The number of benzene rings is 1. The number of carbonyl (C=O) groups excluding carboxylic acids is 1. The zero-order chi connectivity index (χ0) is 16.8. The Morgan fingerprint density at radius 1 is 1.21 bits per heavy atom. The number of amides is 1. The van der Waals surface area contributed by atoms with Gasteiger partial charge in [-0.3, -0.25) is 4.79 Å². The molecule has 3 rings (SSSR count). The van der Waals surface area contributed by atoms with E-state index in [0.717, 1.165) is 36.5 Å². The molecule has 0 atom stereocenters. The number of hydrogen-bond acceptors (Lipinski definition) is 5. The summed E-state index contributed by atoms with van der Waals surface area (Å²) in [6.07, 6.45) is 3.83. The zero-order valence-electron chi connectivity index (χ0n) is 13.7. The van der Waals surface area contributed by atoms with Crippen LogP contribution in [0.4, 0.5) is 5.82 Å². The number of nitrogens with one attached hydrogen (secondary N) is 2. The third-order valence-electron chi connectivity index (χ3n) is 3.75. The fraction of sp³-hybridized carbons (Fsp3) is 0.333. The first kappa shape index (κ1) is 16.1. The number of nitrogens with zero attached hydrogens (tertiary/aromatic N) is 1. The first-order chi connectivity index (χ1) is 11.8. The molecule has 0 saturated heterocycles. The van der Waals surface area contributed by atoms with E-state index < -0.39 is 0 Å². The average Bonchev–Trinajstić information content (AvgIpc) is 3.08. The van der Waals surface area contributed by atoms with E-state index in [0.29, 0.717) is 17.9 Å². The number of unbranched alkanes of at least 4 members (excludes halogenated alkanes) is 1. The van der Waals surface area contributed by atoms with Gasteiger partial charge in [-0.05, 0) is 36.2 Å². The molecule has 0 spiro atoms. The fourth-order valence-corrected chi connectivity index (χ4v) is 2.40. The number of ether oxygens (including phenoxy) is 2. The van der Waals surface area contributed by atoms with Crippen LogP contribution in [0.15, 0.2) is 36.5 Å². The molecule has 1 amide bonds. The molecular formula is C18H21N3O3. The Bertz CT molecular complexity index is 718. The normalized spacial score (nSPS) is 12.0. The quantitative estimate of drug-likeness (QED) is 0.765. The topological polar surface area (TPSA) is 72.5 Å². The highest BCUT2D eigenvalue weighted by atomic mass is 16.7. The van der Waals surface area contributed by atoms with E-state index in [1.807, 2.05) is 18.2 Å². The molecule has 2 aromatic rings. The predicted molar refractivity (Wildman–Crippen MR) is 91.4 cm³/mol. The highest BCUT2D eigenvalue weighted by Gasteiger charge is 2.13. The number of pyridine rings is 1. The lowest BCUT2D eigenvalue weighted by atomic mass is 10.2. The minimum Gasteiger partial charge on any atom is -0.454 e. The molecule has 0 aliphatic carbocycles. The van der Waals surface area contributed by atoms with E-state index in [1.165, 1.54) is 0 Å². The SMILES string of the molecule is CCCCNc1cc(C(=O)NCc2ccc3c(c2)OCO3)ccn1. The Labute approximate surface area is 141 Å². The van der Waals surface area contributed by atoms with Crippen molar-refractivity contribution < 1.29 is 14.3 Å². The number of fused-ring (bicyclic) bond motifs is 1. The second-order valence-electron chi connectivity index (χ2n) is 5.58. The Kier molecular flexibility index (Phi) is 5.15. The number of aromatic nitrogens is 1. The maximum Gasteiger partial charge on any atom is 0.251 e. The van der Waals surface area contributed by atoms with Crippen LogP contribution < -0.4 is 20.1 Å². The molecule has 0 radical (unpaired) electrons. The van der Waals surface area contributed by atoms with E-state index in [1.54, 1.807) is 18.3 Å². The third-order valence-corrected chi connectivity index (χ3v) is 3.75. The van der Waals surface area contributed by atoms with Crippen molar-refractivity contribution in [3.63, 3.8) is 0 Å². The molecular weight excluding hydrogens is 306 g/mol. The Morgan fingerprint density at radius 3 is 2.96 bits per heavy atom. The standard InChI is InChI=1S/C18H21N3O3/c1-2-3-7-19-17-10-14(6-8-20-17)18(22)21-11-13-4-5-15-16(9-13)24-12-23-15/h4-6,8-10H,2-3,7,11-12H2,1H3,(H,19,20)(H,21,22). The fourth-order valence-electron chi connectivity index (χ4n) is 2.40. The summed E-state index contributed by atoms with van der Waals surface area (Å²) in [6.45, 7) is 3.66. The Morgan fingerprint density at radius 2 is 2.08 bits per heavy atom. The summed E-state index contributed by atoms with van der Waals surface area (Å²) in [4.78, 5) is 16.5. The van der Waals surface area contributed by atoms with Gasteiger partial charge in [-0.2, -0.15) is 0 Å². The minimum atomic E-state index is -0.131. The molecule has 1 aliphatic heterocycles. The first-order valence-corrected chi connectivity index (χ1v) is 8.13. The second kappa shape index (κ2) is 7.68. The lowest BCUT2D eigenvalue weighted by Crippen LogP contribution is -2.23. The van der Waals surface area contributed by atoms with Gasteiger partial charge in [0.05, 0.1) is 0 Å². The van der Waals surface area contributed by atoms with Gasteiger partial charge in [-0.15, -0.1) is 0 Å². The molecule has 2 heterocycles. The number of hydrogen-bond donors (Lipinski definition) is 2. The molecule has 126 valence electrons. The van der Waals surface area contributed by atoms with Gasteiger partial charge in [0.2, 0.25) is 6.79 Å².